The Hall–Kier alpha value is -1.70. The summed E-state index contributed by atoms with van der Waals surface area (Å²) in [4.78, 5) is 0. The van der Waals surface area contributed by atoms with Crippen molar-refractivity contribution in [3.8, 4) is 11.5 Å². The third kappa shape index (κ3) is 25.0. The van der Waals surface area contributed by atoms with E-state index < -0.39 is 0 Å². The fraction of sp³-hybridized carbons (Fsp3) is 0.787. The molecular weight excluding hydrogens is 597 g/mol. The minimum Gasteiger partial charge on any atom is -0.486 e. The summed E-state index contributed by atoms with van der Waals surface area (Å²) in [6.45, 7) is 27.0. The van der Waals surface area contributed by atoms with Crippen LogP contribution in [0.4, 0.5) is 0 Å². The molecule has 0 aliphatic rings. The Morgan fingerprint density at radius 1 is 0.510 bits per heavy atom. The van der Waals surface area contributed by atoms with Crippen LogP contribution in [-0.4, -0.2) is 13.2 Å². The summed E-state index contributed by atoms with van der Waals surface area (Å²) in [6.07, 6.45) is 28.8. The average molecular weight is 681 g/mol. The molecule has 0 radical (unpaired) electrons. The van der Waals surface area contributed by atoms with Crippen LogP contribution in [0.2, 0.25) is 0 Å². The number of rotatable bonds is 30. The third-order valence-electron chi connectivity index (χ3n) is 10.8. The molecule has 1 aromatic rings. The highest BCUT2D eigenvalue weighted by Crippen LogP contribution is 2.31. The number of hydrogen-bond acceptors (Lipinski definition) is 2. The van der Waals surface area contributed by atoms with Crippen molar-refractivity contribution in [2.45, 2.75) is 192 Å². The zero-order valence-electron chi connectivity index (χ0n) is 34.8. The van der Waals surface area contributed by atoms with Crippen molar-refractivity contribution in [2.24, 2.45) is 35.5 Å². The first-order valence-corrected chi connectivity index (χ1v) is 21.0. The lowest BCUT2D eigenvalue weighted by Gasteiger charge is -2.15. The summed E-state index contributed by atoms with van der Waals surface area (Å²) in [7, 11) is 0. The molecule has 1 rings (SSSR count). The molecule has 284 valence electrons. The summed E-state index contributed by atoms with van der Waals surface area (Å²) in [5.74, 6) is 6.85. The smallest absolute Gasteiger partial charge is 0.164 e. The second-order valence-electron chi connectivity index (χ2n) is 17.3. The van der Waals surface area contributed by atoms with Gasteiger partial charge in [-0.1, -0.05) is 169 Å². The van der Waals surface area contributed by atoms with Crippen molar-refractivity contribution in [1.82, 2.24) is 0 Å². The number of ether oxygens (including phenoxy) is 2. The van der Waals surface area contributed by atoms with E-state index >= 15 is 0 Å². The van der Waals surface area contributed by atoms with E-state index in [4.69, 9.17) is 9.47 Å². The SMILES string of the molecule is C/C(=C\COc1cccc(C)c1OC/C=C(\C)CCC[C@H](C)CCC[C@H](C)CCCC(C)C)CCC[C@H](C)CCC[C@H](C)CCCC(C)C. The van der Waals surface area contributed by atoms with Crippen LogP contribution in [0.3, 0.4) is 0 Å². The second-order valence-corrected chi connectivity index (χ2v) is 17.3. The Bertz CT molecular complexity index is 1000. The van der Waals surface area contributed by atoms with Gasteiger partial charge in [0.1, 0.15) is 13.2 Å². The van der Waals surface area contributed by atoms with E-state index in [2.05, 4.69) is 100 Å². The number of benzene rings is 1. The lowest BCUT2D eigenvalue weighted by Crippen LogP contribution is -2.02. The molecule has 4 atom stereocenters. The zero-order chi connectivity index (χ0) is 36.4. The largest absolute Gasteiger partial charge is 0.486 e. The summed E-state index contributed by atoms with van der Waals surface area (Å²) in [6, 6.07) is 6.23. The monoisotopic (exact) mass is 681 g/mol. The fourth-order valence-electron chi connectivity index (χ4n) is 7.08. The molecule has 0 aromatic heterocycles. The van der Waals surface area contributed by atoms with E-state index in [1.807, 2.05) is 6.07 Å². The maximum absolute atomic E-state index is 6.28. The Morgan fingerprint density at radius 3 is 1.29 bits per heavy atom. The third-order valence-corrected chi connectivity index (χ3v) is 10.8. The molecule has 0 aliphatic heterocycles. The lowest BCUT2D eigenvalue weighted by atomic mass is 9.91. The van der Waals surface area contributed by atoms with Crippen molar-refractivity contribution in [1.29, 1.82) is 0 Å². The predicted molar refractivity (Wildman–Crippen MR) is 219 cm³/mol. The molecule has 0 aliphatic carbocycles. The molecule has 0 saturated carbocycles. The summed E-state index contributed by atoms with van der Waals surface area (Å²) in [5, 5.41) is 0. The zero-order valence-corrected chi connectivity index (χ0v) is 34.8. The van der Waals surface area contributed by atoms with Gasteiger partial charge in [-0.05, 0) is 106 Å². The molecule has 2 heteroatoms. The van der Waals surface area contributed by atoms with Gasteiger partial charge < -0.3 is 9.47 Å². The van der Waals surface area contributed by atoms with Crippen LogP contribution in [0.25, 0.3) is 0 Å². The van der Waals surface area contributed by atoms with Crippen LogP contribution in [0.1, 0.15) is 190 Å². The molecule has 0 amide bonds. The average Bonchev–Trinajstić information content (AvgIpc) is 3.02. The van der Waals surface area contributed by atoms with Gasteiger partial charge in [0.25, 0.3) is 0 Å². The predicted octanol–water partition coefficient (Wildman–Crippen LogP) is 15.5. The number of aryl methyl sites for hydroxylation is 1. The molecule has 0 unspecified atom stereocenters. The summed E-state index contributed by atoms with van der Waals surface area (Å²) < 4.78 is 12.5. The van der Waals surface area contributed by atoms with Crippen LogP contribution in [-0.2, 0) is 0 Å². The molecule has 49 heavy (non-hydrogen) atoms. The van der Waals surface area contributed by atoms with Gasteiger partial charge >= 0.3 is 0 Å². The van der Waals surface area contributed by atoms with Gasteiger partial charge in [0.2, 0.25) is 0 Å². The minimum absolute atomic E-state index is 0.597. The minimum atomic E-state index is 0.597. The molecule has 1 aromatic carbocycles. The van der Waals surface area contributed by atoms with Gasteiger partial charge in [0.15, 0.2) is 11.5 Å². The Morgan fingerprint density at radius 2 is 0.878 bits per heavy atom. The highest BCUT2D eigenvalue weighted by atomic mass is 16.5. The Labute approximate surface area is 307 Å². The normalized spacial score (nSPS) is 15.1. The summed E-state index contributed by atoms with van der Waals surface area (Å²) in [5.41, 5.74) is 3.99. The molecule has 0 N–H and O–H groups in total. The number of para-hydroxylation sites is 1. The summed E-state index contributed by atoms with van der Waals surface area (Å²) >= 11 is 0. The van der Waals surface area contributed by atoms with Gasteiger partial charge in [-0.3, -0.25) is 0 Å². The van der Waals surface area contributed by atoms with E-state index in [-0.39, 0.29) is 0 Å². The van der Waals surface area contributed by atoms with E-state index in [1.165, 1.54) is 114 Å². The van der Waals surface area contributed by atoms with Crippen molar-refractivity contribution in [3.63, 3.8) is 0 Å². The van der Waals surface area contributed by atoms with Gasteiger partial charge in [-0.25, -0.2) is 0 Å². The Balaban J connectivity index is 2.31. The van der Waals surface area contributed by atoms with E-state index in [0.29, 0.717) is 13.2 Å². The standard InChI is InChI=1S/C47H84O2/c1-37(2)19-12-21-39(5)23-14-25-41(7)27-16-29-43(9)33-35-48-46-32-18-31-45(11)47(46)49-36-34-44(10)30-17-28-42(8)26-15-24-40(6)22-13-20-38(3)4/h18,31-34,37-42H,12-17,19-30,35-36H2,1-11H3/b43-33+,44-34+/t39-,40-,41-,42-/m1/s1. The molecule has 2 nitrogen and oxygen atoms in total. The molecular formula is C47H84O2. The topological polar surface area (TPSA) is 18.5 Å². The highest BCUT2D eigenvalue weighted by molar-refractivity contribution is 5.46. The number of allylic oxidation sites excluding steroid dienone is 2. The molecule has 0 saturated heterocycles. The van der Waals surface area contributed by atoms with Crippen LogP contribution in [0.15, 0.2) is 41.5 Å². The van der Waals surface area contributed by atoms with Crippen molar-refractivity contribution in [2.75, 3.05) is 13.2 Å². The van der Waals surface area contributed by atoms with Crippen molar-refractivity contribution >= 4 is 0 Å². The molecule has 0 spiro atoms. The molecule has 0 heterocycles. The van der Waals surface area contributed by atoms with Crippen molar-refractivity contribution < 1.29 is 9.47 Å². The number of hydrogen-bond donors (Lipinski definition) is 0. The van der Waals surface area contributed by atoms with E-state index in [1.54, 1.807) is 0 Å². The van der Waals surface area contributed by atoms with Crippen molar-refractivity contribution in [3.05, 3.63) is 47.1 Å². The first-order valence-electron chi connectivity index (χ1n) is 21.0. The maximum atomic E-state index is 6.28. The van der Waals surface area contributed by atoms with E-state index in [0.717, 1.165) is 65.4 Å². The van der Waals surface area contributed by atoms with Crippen LogP contribution < -0.4 is 9.47 Å². The molecule has 0 bridgehead atoms. The van der Waals surface area contributed by atoms with Crippen LogP contribution in [0, 0.1) is 42.4 Å². The first-order chi connectivity index (χ1) is 23.4. The quantitative estimate of drug-likeness (QED) is 0.0753. The Kier molecular flexibility index (Phi) is 25.9. The van der Waals surface area contributed by atoms with Crippen LogP contribution in [0.5, 0.6) is 11.5 Å². The maximum Gasteiger partial charge on any atom is 0.164 e. The van der Waals surface area contributed by atoms with Gasteiger partial charge in [-0.2, -0.15) is 0 Å². The lowest BCUT2D eigenvalue weighted by molar-refractivity contribution is 0.305. The van der Waals surface area contributed by atoms with Gasteiger partial charge in [0.05, 0.1) is 0 Å². The second kappa shape index (κ2) is 28.0. The first kappa shape index (κ1) is 45.3. The van der Waals surface area contributed by atoms with Gasteiger partial charge in [-0.15, -0.1) is 0 Å². The van der Waals surface area contributed by atoms with Crippen LogP contribution >= 0.6 is 0 Å². The van der Waals surface area contributed by atoms with E-state index in [9.17, 15) is 0 Å². The highest BCUT2D eigenvalue weighted by Gasteiger charge is 2.10. The molecule has 0 fully saturated rings. The van der Waals surface area contributed by atoms with Gasteiger partial charge in [0, 0.05) is 0 Å². The fourth-order valence-corrected chi connectivity index (χ4v) is 7.08.